The van der Waals surface area contributed by atoms with Gasteiger partial charge in [0.05, 0.1) is 10.9 Å². The Balaban J connectivity index is 2.15. The number of anilines is 1. The molecule has 23 heavy (non-hydrogen) atoms. The molecule has 1 saturated carbocycles. The first-order chi connectivity index (χ1) is 10.9. The standard InChI is InChI=1S/C16H17F2N3O2/c1-8(2)10-7-12(20-14(22)9-3-4-9)19-11-5-6-21(16(17)18)15(23)13(10)11/h5-9,16H,3-4H2,1-2H3,(H,19,20,22). The summed E-state index contributed by atoms with van der Waals surface area (Å²) in [6.45, 7) is 0.821. The van der Waals surface area contributed by atoms with E-state index in [9.17, 15) is 18.4 Å². The number of hydrogen-bond acceptors (Lipinski definition) is 3. The largest absolute Gasteiger partial charge is 0.321 e. The maximum Gasteiger partial charge on any atom is 0.321 e. The molecule has 0 aromatic carbocycles. The topological polar surface area (TPSA) is 64.0 Å². The van der Waals surface area contributed by atoms with Crippen molar-refractivity contribution in [3.8, 4) is 0 Å². The van der Waals surface area contributed by atoms with Crippen LogP contribution in [0.25, 0.3) is 10.9 Å². The molecule has 2 aromatic heterocycles. The highest BCUT2D eigenvalue weighted by Gasteiger charge is 2.30. The zero-order valence-corrected chi connectivity index (χ0v) is 12.8. The SMILES string of the molecule is CC(C)c1cc(NC(=O)C2CC2)nc2ccn(C(F)F)c(=O)c12. The van der Waals surface area contributed by atoms with E-state index < -0.39 is 12.1 Å². The average Bonchev–Trinajstić information content (AvgIpc) is 3.30. The van der Waals surface area contributed by atoms with Crippen molar-refractivity contribution in [1.29, 1.82) is 0 Å². The zero-order valence-electron chi connectivity index (χ0n) is 12.8. The van der Waals surface area contributed by atoms with Crippen molar-refractivity contribution in [2.24, 2.45) is 5.92 Å². The van der Waals surface area contributed by atoms with E-state index in [1.54, 1.807) is 6.07 Å². The van der Waals surface area contributed by atoms with Crippen LogP contribution in [0.5, 0.6) is 0 Å². The lowest BCUT2D eigenvalue weighted by molar-refractivity contribution is -0.117. The second kappa shape index (κ2) is 5.72. The summed E-state index contributed by atoms with van der Waals surface area (Å²) in [7, 11) is 0. The fourth-order valence-corrected chi connectivity index (χ4v) is 2.53. The van der Waals surface area contributed by atoms with Gasteiger partial charge in [-0.2, -0.15) is 8.78 Å². The van der Waals surface area contributed by atoms with Crippen LogP contribution >= 0.6 is 0 Å². The lowest BCUT2D eigenvalue weighted by Crippen LogP contribution is -2.22. The van der Waals surface area contributed by atoms with Crippen LogP contribution in [0, 0.1) is 5.92 Å². The number of rotatable bonds is 4. The molecular formula is C16H17F2N3O2. The van der Waals surface area contributed by atoms with Crippen LogP contribution in [0.3, 0.4) is 0 Å². The molecule has 0 aliphatic heterocycles. The van der Waals surface area contributed by atoms with Crippen molar-refractivity contribution >= 4 is 22.6 Å². The van der Waals surface area contributed by atoms with Gasteiger partial charge in [0.1, 0.15) is 5.82 Å². The summed E-state index contributed by atoms with van der Waals surface area (Å²) in [5, 5.41) is 2.91. The number of carbonyl (C=O) groups excluding carboxylic acids is 1. The van der Waals surface area contributed by atoms with Crippen LogP contribution in [0.4, 0.5) is 14.6 Å². The summed E-state index contributed by atoms with van der Waals surface area (Å²) in [5.41, 5.74) is 0.138. The minimum Gasteiger partial charge on any atom is -0.310 e. The van der Waals surface area contributed by atoms with Crippen LogP contribution in [0.1, 0.15) is 44.7 Å². The highest BCUT2D eigenvalue weighted by Crippen LogP contribution is 2.31. The second-order valence-electron chi connectivity index (χ2n) is 6.08. The molecule has 0 bridgehead atoms. The highest BCUT2D eigenvalue weighted by atomic mass is 19.3. The van der Waals surface area contributed by atoms with Gasteiger partial charge >= 0.3 is 6.55 Å². The summed E-state index contributed by atoms with van der Waals surface area (Å²) >= 11 is 0. The number of hydrogen-bond donors (Lipinski definition) is 1. The molecule has 1 aliphatic rings. The molecule has 0 spiro atoms. The number of fused-ring (bicyclic) bond motifs is 1. The highest BCUT2D eigenvalue weighted by molar-refractivity contribution is 5.95. The first-order valence-corrected chi connectivity index (χ1v) is 7.53. The quantitative estimate of drug-likeness (QED) is 0.940. The first kappa shape index (κ1) is 15.6. The Morgan fingerprint density at radius 1 is 1.39 bits per heavy atom. The van der Waals surface area contributed by atoms with Gasteiger partial charge in [0.25, 0.3) is 5.56 Å². The van der Waals surface area contributed by atoms with E-state index in [1.807, 2.05) is 13.8 Å². The lowest BCUT2D eigenvalue weighted by atomic mass is 9.99. The Bertz CT molecular complexity index is 826. The third-order valence-corrected chi connectivity index (χ3v) is 3.95. The Hall–Kier alpha value is -2.31. The molecule has 3 rings (SSSR count). The number of carbonyl (C=O) groups is 1. The predicted molar refractivity (Wildman–Crippen MR) is 82.7 cm³/mol. The summed E-state index contributed by atoms with van der Waals surface area (Å²) in [5.74, 6) is 0.222. The predicted octanol–water partition coefficient (Wildman–Crippen LogP) is 3.26. The van der Waals surface area contributed by atoms with Crippen LogP contribution < -0.4 is 10.9 Å². The second-order valence-corrected chi connectivity index (χ2v) is 6.08. The fourth-order valence-electron chi connectivity index (χ4n) is 2.53. The van der Waals surface area contributed by atoms with Crippen molar-refractivity contribution in [2.45, 2.75) is 39.2 Å². The van der Waals surface area contributed by atoms with Crippen LogP contribution in [-0.2, 0) is 4.79 Å². The molecule has 7 heteroatoms. The van der Waals surface area contributed by atoms with Gasteiger partial charge in [-0.15, -0.1) is 0 Å². The third kappa shape index (κ3) is 2.95. The van der Waals surface area contributed by atoms with E-state index in [-0.39, 0.29) is 23.1 Å². The minimum atomic E-state index is -2.90. The normalized spacial score (nSPS) is 14.7. The van der Waals surface area contributed by atoms with Crippen LogP contribution in [0.15, 0.2) is 23.1 Å². The number of aromatic nitrogens is 2. The average molecular weight is 321 g/mol. The van der Waals surface area contributed by atoms with Gasteiger partial charge in [0.2, 0.25) is 5.91 Å². The van der Waals surface area contributed by atoms with Crippen molar-refractivity contribution < 1.29 is 13.6 Å². The molecule has 2 heterocycles. The maximum atomic E-state index is 12.9. The third-order valence-electron chi connectivity index (χ3n) is 3.95. The first-order valence-electron chi connectivity index (χ1n) is 7.53. The van der Waals surface area contributed by atoms with Gasteiger partial charge in [-0.1, -0.05) is 13.8 Å². The Morgan fingerprint density at radius 3 is 2.65 bits per heavy atom. The summed E-state index contributed by atoms with van der Waals surface area (Å²) in [6, 6.07) is 2.98. The molecule has 1 amide bonds. The van der Waals surface area contributed by atoms with E-state index >= 15 is 0 Å². The summed E-state index contributed by atoms with van der Waals surface area (Å²) in [4.78, 5) is 28.4. The number of halogens is 2. The number of alkyl halides is 2. The van der Waals surface area contributed by atoms with E-state index in [0.29, 0.717) is 21.5 Å². The van der Waals surface area contributed by atoms with Crippen molar-refractivity contribution in [2.75, 3.05) is 5.32 Å². The van der Waals surface area contributed by atoms with Gasteiger partial charge in [0.15, 0.2) is 0 Å². The molecule has 0 atom stereocenters. The lowest BCUT2D eigenvalue weighted by Gasteiger charge is -2.14. The van der Waals surface area contributed by atoms with Gasteiger partial charge in [-0.05, 0) is 36.5 Å². The van der Waals surface area contributed by atoms with E-state index in [2.05, 4.69) is 10.3 Å². The molecular weight excluding hydrogens is 304 g/mol. The molecule has 0 saturated heterocycles. The van der Waals surface area contributed by atoms with Gasteiger partial charge in [0, 0.05) is 12.1 Å². The minimum absolute atomic E-state index is 0.0295. The number of pyridine rings is 2. The number of nitrogens with one attached hydrogen (secondary N) is 1. The smallest absolute Gasteiger partial charge is 0.310 e. The van der Waals surface area contributed by atoms with Crippen molar-refractivity contribution in [3.63, 3.8) is 0 Å². The van der Waals surface area contributed by atoms with Crippen LogP contribution in [-0.4, -0.2) is 15.5 Å². The molecule has 0 radical (unpaired) electrons. The maximum absolute atomic E-state index is 12.9. The Morgan fingerprint density at radius 2 is 2.09 bits per heavy atom. The van der Waals surface area contributed by atoms with Gasteiger partial charge in [-0.25, -0.2) is 4.98 Å². The van der Waals surface area contributed by atoms with Gasteiger partial charge < -0.3 is 5.32 Å². The molecule has 1 fully saturated rings. The molecule has 2 aromatic rings. The van der Waals surface area contributed by atoms with Gasteiger partial charge in [-0.3, -0.25) is 14.2 Å². The Kier molecular flexibility index (Phi) is 3.87. The molecule has 1 N–H and O–H groups in total. The summed E-state index contributed by atoms with van der Waals surface area (Å²) < 4.78 is 26.2. The monoisotopic (exact) mass is 321 g/mol. The van der Waals surface area contributed by atoms with Crippen LogP contribution in [0.2, 0.25) is 0 Å². The molecule has 0 unspecified atom stereocenters. The van der Waals surface area contributed by atoms with E-state index in [0.717, 1.165) is 19.0 Å². The van der Waals surface area contributed by atoms with Crippen molar-refractivity contribution in [1.82, 2.24) is 9.55 Å². The Labute approximate surface area is 131 Å². The molecule has 122 valence electrons. The number of nitrogens with zero attached hydrogens (tertiary/aromatic N) is 2. The molecule has 5 nitrogen and oxygen atoms in total. The molecule has 1 aliphatic carbocycles. The fraction of sp³-hybridized carbons (Fsp3) is 0.438. The zero-order chi connectivity index (χ0) is 16.7. The number of amides is 1. The van der Waals surface area contributed by atoms with E-state index in [1.165, 1.54) is 6.07 Å². The van der Waals surface area contributed by atoms with Crippen molar-refractivity contribution in [3.05, 3.63) is 34.2 Å². The van der Waals surface area contributed by atoms with E-state index in [4.69, 9.17) is 0 Å². The summed E-state index contributed by atoms with van der Waals surface area (Å²) in [6.07, 6.45) is 2.77.